The molecule has 1 atom stereocenters. The molecule has 0 aliphatic carbocycles. The van der Waals surface area contributed by atoms with Crippen molar-refractivity contribution in [1.29, 1.82) is 0 Å². The Hall–Kier alpha value is -4.45. The number of carbonyl (C=O) groups excluding carboxylic acids is 3. The van der Waals surface area contributed by atoms with Crippen LogP contribution in [0.2, 0.25) is 0 Å². The molecule has 0 aromatic rings. The van der Waals surface area contributed by atoms with E-state index < -0.39 is 6.10 Å². The molecule has 400 valence electrons. The molecule has 0 aliphatic rings. The summed E-state index contributed by atoms with van der Waals surface area (Å²) in [4.78, 5) is 38.1. The fraction of sp³-hybridized carbons (Fsp3) is 0.615. The van der Waals surface area contributed by atoms with Crippen molar-refractivity contribution < 1.29 is 28.6 Å². The molecule has 0 heterocycles. The van der Waals surface area contributed by atoms with E-state index in [4.69, 9.17) is 14.2 Å². The number of unbranched alkanes of at least 4 members (excludes halogenated alkanes) is 17. The number of carbonyl (C=O) groups is 3. The van der Waals surface area contributed by atoms with Crippen LogP contribution in [0.25, 0.3) is 0 Å². The van der Waals surface area contributed by atoms with Crippen molar-refractivity contribution in [3.63, 3.8) is 0 Å². The highest BCUT2D eigenvalue weighted by Gasteiger charge is 2.19. The van der Waals surface area contributed by atoms with Gasteiger partial charge in [-0.2, -0.15) is 0 Å². The lowest BCUT2D eigenvalue weighted by atomic mass is 10.1. The Bertz CT molecular complexity index is 1550. The summed E-state index contributed by atoms with van der Waals surface area (Å²) in [5.41, 5.74) is 0. The summed E-state index contributed by atoms with van der Waals surface area (Å²) >= 11 is 0. The summed E-state index contributed by atoms with van der Waals surface area (Å²) in [6, 6.07) is 0. The SMILES string of the molecule is CC/C=C\C/C=C\C/C=C\C/C=C\C/C=C\C/C=C\CCCCCCCCC(=O)OCC(COC(=O)CCCCCCC/C=C\CCCC)OC(=O)CCCCCC/C=C\C/C=C\C/C=C\C/C=C\CC. The van der Waals surface area contributed by atoms with Gasteiger partial charge in [-0.15, -0.1) is 0 Å². The minimum atomic E-state index is -0.805. The molecule has 0 N–H and O–H groups in total. The number of esters is 3. The van der Waals surface area contributed by atoms with Crippen LogP contribution in [0.1, 0.15) is 239 Å². The lowest BCUT2D eigenvalue weighted by Gasteiger charge is -2.18. The van der Waals surface area contributed by atoms with Crippen molar-refractivity contribution in [3.8, 4) is 0 Å². The zero-order valence-electron chi connectivity index (χ0n) is 45.7. The molecule has 6 heteroatoms. The first kappa shape index (κ1) is 66.6. The molecule has 0 fully saturated rings. The van der Waals surface area contributed by atoms with Gasteiger partial charge in [0, 0.05) is 19.3 Å². The molecule has 0 rings (SSSR count). The summed E-state index contributed by atoms with van der Waals surface area (Å²) < 4.78 is 16.8. The monoisotopic (exact) mass is 981 g/mol. The smallest absolute Gasteiger partial charge is 0.306 e. The molecule has 0 bridgehead atoms. The first-order valence-corrected chi connectivity index (χ1v) is 28.7. The molecular weight excluding hydrogens is 877 g/mol. The number of hydrogen-bond donors (Lipinski definition) is 0. The number of allylic oxidation sites excluding steroid dienone is 22. The summed E-state index contributed by atoms with van der Waals surface area (Å²) in [5.74, 6) is -0.955. The largest absolute Gasteiger partial charge is 0.462 e. The fourth-order valence-electron chi connectivity index (χ4n) is 7.36. The maximum Gasteiger partial charge on any atom is 0.306 e. The van der Waals surface area contributed by atoms with Crippen LogP contribution in [0.5, 0.6) is 0 Å². The van der Waals surface area contributed by atoms with Gasteiger partial charge < -0.3 is 14.2 Å². The van der Waals surface area contributed by atoms with Gasteiger partial charge in [-0.3, -0.25) is 14.4 Å². The molecule has 0 aromatic carbocycles. The molecular formula is C65H104O6. The van der Waals surface area contributed by atoms with Gasteiger partial charge >= 0.3 is 17.9 Å². The van der Waals surface area contributed by atoms with Crippen molar-refractivity contribution in [2.75, 3.05) is 13.2 Å². The normalized spacial score (nSPS) is 13.1. The van der Waals surface area contributed by atoms with E-state index in [0.717, 1.165) is 161 Å². The van der Waals surface area contributed by atoms with Gasteiger partial charge in [-0.25, -0.2) is 0 Å². The molecule has 0 radical (unpaired) electrons. The quantitative estimate of drug-likeness (QED) is 0.0262. The fourth-order valence-corrected chi connectivity index (χ4v) is 7.36. The van der Waals surface area contributed by atoms with Crippen LogP contribution in [-0.4, -0.2) is 37.2 Å². The van der Waals surface area contributed by atoms with E-state index in [1.165, 1.54) is 38.5 Å². The zero-order chi connectivity index (χ0) is 51.4. The standard InChI is InChI=1S/C65H104O6/c1-4-7-10-13-16-19-22-24-26-28-29-30-31-32-33-34-35-37-38-40-43-46-49-52-55-58-64(67)70-61-62(60-69-63(66)57-54-51-48-45-42-21-18-15-12-9-6-3)71-65(68)59-56-53-50-47-44-41-39-36-27-25-23-20-17-14-11-8-5-2/h7-8,10-11,15-20,24-27,29-30,32-33,35,37,39,41,62H,4-6,9,12-14,21-23,28,31,34,36,38,40,42-61H2,1-3H3/b10-7-,11-8-,18-15-,19-16-,20-17-,26-24-,27-25-,30-29-,33-32-,37-35-,41-39-. The Morgan fingerprint density at radius 3 is 0.873 bits per heavy atom. The lowest BCUT2D eigenvalue weighted by molar-refractivity contribution is -0.167. The Morgan fingerprint density at radius 2 is 0.549 bits per heavy atom. The summed E-state index contributed by atoms with van der Waals surface area (Å²) in [7, 11) is 0. The van der Waals surface area contributed by atoms with Crippen LogP contribution in [0.3, 0.4) is 0 Å². The van der Waals surface area contributed by atoms with Crippen molar-refractivity contribution in [2.45, 2.75) is 245 Å². The van der Waals surface area contributed by atoms with E-state index in [1.807, 2.05) is 0 Å². The van der Waals surface area contributed by atoms with E-state index in [2.05, 4.69) is 154 Å². The minimum Gasteiger partial charge on any atom is -0.462 e. The third kappa shape index (κ3) is 56.3. The Kier molecular flexibility index (Phi) is 54.5. The minimum absolute atomic E-state index is 0.102. The highest BCUT2D eigenvalue weighted by molar-refractivity contribution is 5.71. The summed E-state index contributed by atoms with van der Waals surface area (Å²) in [6.45, 7) is 6.32. The van der Waals surface area contributed by atoms with E-state index >= 15 is 0 Å². The molecule has 0 aromatic heterocycles. The molecule has 1 unspecified atom stereocenters. The third-order valence-electron chi connectivity index (χ3n) is 11.6. The Labute approximate surface area is 436 Å². The maximum absolute atomic E-state index is 12.8. The van der Waals surface area contributed by atoms with Gasteiger partial charge in [-0.1, -0.05) is 225 Å². The molecule has 71 heavy (non-hydrogen) atoms. The first-order chi connectivity index (χ1) is 35.0. The van der Waals surface area contributed by atoms with Gasteiger partial charge in [0.05, 0.1) is 0 Å². The van der Waals surface area contributed by atoms with Gasteiger partial charge in [0.1, 0.15) is 13.2 Å². The first-order valence-electron chi connectivity index (χ1n) is 28.7. The molecule has 0 aliphatic heterocycles. The second kappa shape index (κ2) is 58.1. The van der Waals surface area contributed by atoms with Gasteiger partial charge in [0.2, 0.25) is 0 Å². The van der Waals surface area contributed by atoms with E-state index in [1.54, 1.807) is 0 Å². The van der Waals surface area contributed by atoms with Crippen LogP contribution in [0.15, 0.2) is 134 Å². The number of hydrogen-bond acceptors (Lipinski definition) is 6. The second-order valence-electron chi connectivity index (χ2n) is 18.4. The highest BCUT2D eigenvalue weighted by Crippen LogP contribution is 2.13. The van der Waals surface area contributed by atoms with Crippen LogP contribution in [-0.2, 0) is 28.6 Å². The summed E-state index contributed by atoms with van der Waals surface area (Å²) in [6.07, 6.45) is 81.6. The molecule has 0 saturated carbocycles. The summed E-state index contributed by atoms with van der Waals surface area (Å²) in [5, 5.41) is 0. The van der Waals surface area contributed by atoms with E-state index in [-0.39, 0.29) is 37.5 Å². The van der Waals surface area contributed by atoms with Crippen LogP contribution in [0.4, 0.5) is 0 Å². The molecule has 0 saturated heterocycles. The van der Waals surface area contributed by atoms with Crippen molar-refractivity contribution in [3.05, 3.63) is 134 Å². The number of ether oxygens (including phenoxy) is 3. The molecule has 0 spiro atoms. The predicted molar refractivity (Wildman–Crippen MR) is 306 cm³/mol. The molecule has 6 nitrogen and oxygen atoms in total. The lowest BCUT2D eigenvalue weighted by Crippen LogP contribution is -2.30. The predicted octanol–water partition coefficient (Wildman–Crippen LogP) is 19.4. The number of rotatable bonds is 50. The van der Waals surface area contributed by atoms with Crippen LogP contribution < -0.4 is 0 Å². The third-order valence-corrected chi connectivity index (χ3v) is 11.6. The van der Waals surface area contributed by atoms with Crippen molar-refractivity contribution >= 4 is 17.9 Å². The van der Waals surface area contributed by atoms with E-state index in [0.29, 0.717) is 12.8 Å². The Balaban J connectivity index is 4.41. The van der Waals surface area contributed by atoms with Crippen LogP contribution >= 0.6 is 0 Å². The van der Waals surface area contributed by atoms with E-state index in [9.17, 15) is 14.4 Å². The maximum atomic E-state index is 12.8. The van der Waals surface area contributed by atoms with Gasteiger partial charge in [0.25, 0.3) is 0 Å². The average molecular weight is 982 g/mol. The topological polar surface area (TPSA) is 78.9 Å². The van der Waals surface area contributed by atoms with Crippen molar-refractivity contribution in [2.24, 2.45) is 0 Å². The zero-order valence-corrected chi connectivity index (χ0v) is 45.7. The van der Waals surface area contributed by atoms with Gasteiger partial charge in [0.15, 0.2) is 6.10 Å². The Morgan fingerprint density at radius 1 is 0.296 bits per heavy atom. The highest BCUT2D eigenvalue weighted by atomic mass is 16.6. The van der Waals surface area contributed by atoms with Gasteiger partial charge in [-0.05, 0) is 128 Å². The van der Waals surface area contributed by atoms with Crippen molar-refractivity contribution in [1.82, 2.24) is 0 Å². The molecule has 0 amide bonds. The second-order valence-corrected chi connectivity index (χ2v) is 18.4. The average Bonchev–Trinajstić information content (AvgIpc) is 3.37. The van der Waals surface area contributed by atoms with Crippen LogP contribution in [0, 0.1) is 0 Å².